The van der Waals surface area contributed by atoms with Gasteiger partial charge in [0.25, 0.3) is 0 Å². The minimum absolute atomic E-state index is 0.272. The van der Waals surface area contributed by atoms with Crippen LogP contribution in [0.3, 0.4) is 0 Å². The number of aryl methyl sites for hydroxylation is 1. The van der Waals surface area contributed by atoms with Crippen LogP contribution in [-0.4, -0.2) is 24.2 Å². The smallest absolute Gasteiger partial charge is 0.177 e. The van der Waals surface area contributed by atoms with Crippen molar-refractivity contribution in [1.29, 1.82) is 0 Å². The number of hydrogen-bond acceptors (Lipinski definition) is 3. The second-order valence-corrected chi connectivity index (χ2v) is 8.00. The second-order valence-electron chi connectivity index (χ2n) is 5.75. The van der Waals surface area contributed by atoms with Crippen molar-refractivity contribution in [2.75, 3.05) is 6.26 Å². The molecule has 0 saturated carbocycles. The van der Waals surface area contributed by atoms with E-state index in [9.17, 15) is 8.42 Å². The number of rotatable bonds is 6. The highest BCUT2D eigenvalue weighted by Crippen LogP contribution is 2.25. The predicted molar refractivity (Wildman–Crippen MR) is 86.5 cm³/mol. The lowest BCUT2D eigenvalue weighted by Gasteiger charge is -2.09. The average Bonchev–Trinajstić information content (AvgIpc) is 2.75. The predicted octanol–water partition coefficient (Wildman–Crippen LogP) is 3.61. The van der Waals surface area contributed by atoms with E-state index in [0.29, 0.717) is 11.4 Å². The van der Waals surface area contributed by atoms with Crippen LogP contribution in [0, 0.1) is 5.92 Å². The summed E-state index contributed by atoms with van der Waals surface area (Å²) in [5, 5.41) is 0. The molecule has 6 heteroatoms. The summed E-state index contributed by atoms with van der Waals surface area (Å²) < 4.78 is 25.8. The monoisotopic (exact) mass is 328 g/mol. The molecule has 2 rings (SSSR count). The minimum Gasteiger partial charge on any atom is -0.327 e. The standard InChI is InChI=1S/C15H21ClN2O2S/c1-11(2)6-5-9-18-12-7-4-8-13(21(3,19)20)15(12)17-14(18)10-16/h4,7-8,11H,5-6,9-10H2,1-3H3. The fraction of sp³-hybridized carbons (Fsp3) is 0.533. The first-order chi connectivity index (χ1) is 9.84. The van der Waals surface area contributed by atoms with Crippen molar-refractivity contribution >= 4 is 32.5 Å². The Kier molecular flexibility index (Phi) is 4.94. The maximum absolute atomic E-state index is 11.9. The third kappa shape index (κ3) is 3.58. The summed E-state index contributed by atoms with van der Waals surface area (Å²) in [6, 6.07) is 5.26. The largest absolute Gasteiger partial charge is 0.327 e. The van der Waals surface area contributed by atoms with Gasteiger partial charge in [-0.1, -0.05) is 19.9 Å². The number of alkyl halides is 1. The third-order valence-corrected chi connectivity index (χ3v) is 4.87. The van der Waals surface area contributed by atoms with Gasteiger partial charge in [-0.25, -0.2) is 13.4 Å². The molecule has 1 aromatic carbocycles. The van der Waals surface area contributed by atoms with Crippen LogP contribution in [0.15, 0.2) is 23.1 Å². The summed E-state index contributed by atoms with van der Waals surface area (Å²) >= 11 is 5.98. The van der Waals surface area contributed by atoms with Gasteiger partial charge in [0.05, 0.1) is 16.3 Å². The van der Waals surface area contributed by atoms with Gasteiger partial charge in [-0.3, -0.25) is 0 Å². The minimum atomic E-state index is -3.29. The second kappa shape index (κ2) is 6.36. The zero-order chi connectivity index (χ0) is 15.6. The maximum atomic E-state index is 11.9. The molecular weight excluding hydrogens is 308 g/mol. The molecule has 0 spiro atoms. The Labute approximate surface area is 131 Å². The first-order valence-electron chi connectivity index (χ1n) is 7.08. The quantitative estimate of drug-likeness (QED) is 0.761. The zero-order valence-electron chi connectivity index (χ0n) is 12.6. The average molecular weight is 329 g/mol. The Morgan fingerprint density at radius 1 is 1.33 bits per heavy atom. The molecule has 1 aromatic heterocycles. The maximum Gasteiger partial charge on any atom is 0.177 e. The molecule has 0 unspecified atom stereocenters. The highest BCUT2D eigenvalue weighted by molar-refractivity contribution is 7.91. The van der Waals surface area contributed by atoms with Gasteiger partial charge in [-0.2, -0.15) is 0 Å². The van der Waals surface area contributed by atoms with E-state index >= 15 is 0 Å². The van der Waals surface area contributed by atoms with E-state index in [2.05, 4.69) is 18.8 Å². The number of halogens is 1. The van der Waals surface area contributed by atoms with Gasteiger partial charge >= 0.3 is 0 Å². The van der Waals surface area contributed by atoms with Crippen molar-refractivity contribution in [3.8, 4) is 0 Å². The summed E-state index contributed by atoms with van der Waals surface area (Å²) in [5.74, 6) is 1.65. The number of nitrogens with zero attached hydrogens (tertiary/aromatic N) is 2. The highest BCUT2D eigenvalue weighted by atomic mass is 35.5. The summed E-state index contributed by atoms with van der Waals surface area (Å²) in [6.07, 6.45) is 3.35. The normalized spacial score (nSPS) is 12.4. The summed E-state index contributed by atoms with van der Waals surface area (Å²) in [6.45, 7) is 5.19. The van der Waals surface area contributed by atoms with Gasteiger partial charge in [0, 0.05) is 12.8 Å². The van der Waals surface area contributed by atoms with Crippen molar-refractivity contribution in [3.05, 3.63) is 24.0 Å². The zero-order valence-corrected chi connectivity index (χ0v) is 14.2. The number of imidazole rings is 1. The molecular formula is C15H21ClN2O2S. The number of hydrogen-bond donors (Lipinski definition) is 0. The van der Waals surface area contributed by atoms with E-state index in [4.69, 9.17) is 11.6 Å². The molecule has 0 bridgehead atoms. The molecule has 116 valence electrons. The van der Waals surface area contributed by atoms with Crippen LogP contribution in [0.1, 0.15) is 32.5 Å². The number of para-hydroxylation sites is 1. The molecule has 1 heterocycles. The van der Waals surface area contributed by atoms with Crippen LogP contribution in [0.4, 0.5) is 0 Å². The number of aromatic nitrogens is 2. The molecule has 0 atom stereocenters. The Hall–Kier alpha value is -1.07. The van der Waals surface area contributed by atoms with E-state index in [0.717, 1.165) is 30.7 Å². The lowest BCUT2D eigenvalue weighted by atomic mass is 10.1. The van der Waals surface area contributed by atoms with Gasteiger partial charge in [-0.15, -0.1) is 11.6 Å². The molecule has 2 aromatic rings. The van der Waals surface area contributed by atoms with Gasteiger partial charge in [0.2, 0.25) is 0 Å². The molecule has 0 radical (unpaired) electrons. The van der Waals surface area contributed by atoms with E-state index in [1.807, 2.05) is 10.6 Å². The summed E-state index contributed by atoms with van der Waals surface area (Å²) in [5.41, 5.74) is 1.37. The SMILES string of the molecule is CC(C)CCCn1c(CCl)nc2c(S(C)(=O)=O)cccc21. The number of fused-ring (bicyclic) bond motifs is 1. The molecule has 0 aliphatic heterocycles. The van der Waals surface area contributed by atoms with E-state index in [1.165, 1.54) is 6.26 Å². The number of benzene rings is 1. The molecule has 0 aliphatic rings. The van der Waals surface area contributed by atoms with Gasteiger partial charge in [-0.05, 0) is 30.9 Å². The Morgan fingerprint density at radius 3 is 2.62 bits per heavy atom. The lowest BCUT2D eigenvalue weighted by Crippen LogP contribution is -2.04. The topological polar surface area (TPSA) is 52.0 Å². The van der Waals surface area contributed by atoms with Crippen molar-refractivity contribution < 1.29 is 8.42 Å². The summed E-state index contributed by atoms with van der Waals surface area (Å²) in [7, 11) is -3.29. The molecule has 0 saturated heterocycles. The number of sulfone groups is 1. The fourth-order valence-electron chi connectivity index (χ4n) is 2.48. The first kappa shape index (κ1) is 16.3. The van der Waals surface area contributed by atoms with Crippen LogP contribution in [0.2, 0.25) is 0 Å². The molecule has 21 heavy (non-hydrogen) atoms. The molecule has 4 nitrogen and oxygen atoms in total. The third-order valence-electron chi connectivity index (χ3n) is 3.50. The Balaban J connectivity index is 2.50. The van der Waals surface area contributed by atoms with Crippen LogP contribution in [0.5, 0.6) is 0 Å². The van der Waals surface area contributed by atoms with Gasteiger partial charge < -0.3 is 4.57 Å². The van der Waals surface area contributed by atoms with E-state index < -0.39 is 9.84 Å². The van der Waals surface area contributed by atoms with Crippen molar-refractivity contribution in [3.63, 3.8) is 0 Å². The van der Waals surface area contributed by atoms with Crippen LogP contribution >= 0.6 is 11.6 Å². The Morgan fingerprint density at radius 2 is 2.05 bits per heavy atom. The molecule has 0 amide bonds. The van der Waals surface area contributed by atoms with Gasteiger partial charge in [0.1, 0.15) is 11.3 Å². The fourth-order valence-corrected chi connectivity index (χ4v) is 3.51. The molecule has 0 aliphatic carbocycles. The lowest BCUT2D eigenvalue weighted by molar-refractivity contribution is 0.512. The Bertz CT molecular complexity index is 735. The van der Waals surface area contributed by atoms with E-state index in [1.54, 1.807) is 12.1 Å². The molecule has 0 fully saturated rings. The first-order valence-corrected chi connectivity index (χ1v) is 9.51. The molecule has 0 N–H and O–H groups in total. The van der Waals surface area contributed by atoms with Crippen molar-refractivity contribution in [1.82, 2.24) is 9.55 Å². The van der Waals surface area contributed by atoms with Crippen molar-refractivity contribution in [2.45, 2.75) is 44.0 Å². The van der Waals surface area contributed by atoms with Crippen LogP contribution in [-0.2, 0) is 22.3 Å². The van der Waals surface area contributed by atoms with Crippen LogP contribution < -0.4 is 0 Å². The van der Waals surface area contributed by atoms with Crippen molar-refractivity contribution in [2.24, 2.45) is 5.92 Å². The highest BCUT2D eigenvalue weighted by Gasteiger charge is 2.18. The van der Waals surface area contributed by atoms with Crippen LogP contribution in [0.25, 0.3) is 11.0 Å². The van der Waals surface area contributed by atoms with E-state index in [-0.39, 0.29) is 10.8 Å². The van der Waals surface area contributed by atoms with Gasteiger partial charge in [0.15, 0.2) is 9.84 Å². The summed E-state index contributed by atoms with van der Waals surface area (Å²) in [4.78, 5) is 4.72.